The lowest BCUT2D eigenvalue weighted by atomic mass is 9.88. The summed E-state index contributed by atoms with van der Waals surface area (Å²) in [6.45, 7) is 0. The molecule has 176 valence electrons. The van der Waals surface area contributed by atoms with Gasteiger partial charge in [0.15, 0.2) is 0 Å². The van der Waals surface area contributed by atoms with Crippen LogP contribution in [0.5, 0.6) is 0 Å². The highest BCUT2D eigenvalue weighted by Gasteiger charge is 2.64. The van der Waals surface area contributed by atoms with Crippen molar-refractivity contribution in [1.82, 2.24) is 15.0 Å². The van der Waals surface area contributed by atoms with Crippen LogP contribution in [0.2, 0.25) is 5.02 Å². The number of carbonyl (C=O) groups is 3. The summed E-state index contributed by atoms with van der Waals surface area (Å²) in [5.41, 5.74) is 3.24. The number of carbonyl (C=O) groups excluding carboxylic acids is 3. The fraction of sp³-hybridized carbons (Fsp3) is 0.148. The van der Waals surface area contributed by atoms with Gasteiger partial charge in [-0.2, -0.15) is 4.68 Å². The summed E-state index contributed by atoms with van der Waals surface area (Å²) < 4.78 is 1.25. The number of imide groups is 1. The summed E-state index contributed by atoms with van der Waals surface area (Å²) in [6, 6.07) is 20.1. The third-order valence-corrected chi connectivity index (χ3v) is 7.53. The van der Waals surface area contributed by atoms with Gasteiger partial charge in [-0.25, -0.2) is 4.90 Å². The van der Waals surface area contributed by atoms with Gasteiger partial charge in [0, 0.05) is 10.7 Å². The van der Waals surface area contributed by atoms with Gasteiger partial charge in [0.25, 0.3) is 5.91 Å². The van der Waals surface area contributed by atoms with Crippen molar-refractivity contribution >= 4 is 57.8 Å². The van der Waals surface area contributed by atoms with Crippen molar-refractivity contribution in [3.05, 3.63) is 89.5 Å². The minimum Gasteiger partial charge on any atom is -0.351 e. The fourth-order valence-electron chi connectivity index (χ4n) is 5.82. The van der Waals surface area contributed by atoms with Crippen LogP contribution in [0.15, 0.2) is 78.9 Å². The molecule has 2 saturated heterocycles. The Labute approximate surface area is 210 Å². The maximum absolute atomic E-state index is 14.2. The van der Waals surface area contributed by atoms with Crippen LogP contribution in [0.3, 0.4) is 0 Å². The molecule has 4 heterocycles. The van der Waals surface area contributed by atoms with Crippen molar-refractivity contribution in [2.75, 3.05) is 9.80 Å². The molecule has 2 fully saturated rings. The number of fused-ring (bicyclic) bond motifs is 6. The molecule has 0 bridgehead atoms. The molecule has 7 rings (SSSR count). The van der Waals surface area contributed by atoms with Crippen molar-refractivity contribution < 1.29 is 14.4 Å². The predicted octanol–water partition coefficient (Wildman–Crippen LogP) is 3.81. The first-order valence-electron chi connectivity index (χ1n) is 11.6. The first kappa shape index (κ1) is 21.0. The third kappa shape index (κ3) is 2.79. The molecule has 1 aromatic heterocycles. The molecule has 3 aromatic carbocycles. The van der Waals surface area contributed by atoms with Gasteiger partial charge in [-0.3, -0.25) is 14.4 Å². The molecule has 3 aliphatic rings. The van der Waals surface area contributed by atoms with Gasteiger partial charge < -0.3 is 4.90 Å². The van der Waals surface area contributed by atoms with Crippen LogP contribution in [-0.2, 0) is 9.59 Å². The molecule has 0 unspecified atom stereocenters. The molecule has 2 amide bonds. The highest BCUT2D eigenvalue weighted by Crippen LogP contribution is 2.49. The Bertz CT molecular complexity index is 1630. The number of hydrogen-bond donors (Lipinski definition) is 0. The largest absolute Gasteiger partial charge is 0.351 e. The average molecular weight is 496 g/mol. The molecule has 4 aromatic rings. The van der Waals surface area contributed by atoms with Crippen molar-refractivity contribution in [2.24, 2.45) is 11.8 Å². The van der Waals surface area contributed by atoms with E-state index in [4.69, 9.17) is 11.6 Å². The van der Waals surface area contributed by atoms with E-state index in [-0.39, 0.29) is 5.91 Å². The Morgan fingerprint density at radius 3 is 2.53 bits per heavy atom. The van der Waals surface area contributed by atoms with Crippen LogP contribution < -0.4 is 9.80 Å². The second-order valence-corrected chi connectivity index (χ2v) is 9.57. The number of amides is 2. The van der Waals surface area contributed by atoms with Crippen LogP contribution in [-0.4, -0.2) is 44.8 Å². The van der Waals surface area contributed by atoms with E-state index in [0.29, 0.717) is 21.7 Å². The van der Waals surface area contributed by atoms with Gasteiger partial charge in [0.1, 0.15) is 11.6 Å². The number of hydrogen-bond acceptors (Lipinski definition) is 6. The zero-order chi connectivity index (χ0) is 24.6. The van der Waals surface area contributed by atoms with Crippen molar-refractivity contribution in [3.63, 3.8) is 0 Å². The molecule has 36 heavy (non-hydrogen) atoms. The van der Waals surface area contributed by atoms with E-state index >= 15 is 0 Å². The molecule has 0 spiro atoms. The standard InChI is InChI=1S/C27H18ClN5O3/c28-16-7-5-8-17(14-16)31-25(34)22-21-13-12-15-6-1-3-10-19(15)32(21)24(23(22)26(31)35)27(36)33-20-11-4-2-9-18(20)29-30-33/h1-14,21-24H/t21-,22+,23-,24-/m0/s1. The summed E-state index contributed by atoms with van der Waals surface area (Å²) in [4.78, 5) is 45.0. The highest BCUT2D eigenvalue weighted by molar-refractivity contribution is 6.31. The molecule has 9 heteroatoms. The van der Waals surface area contributed by atoms with Gasteiger partial charge in [0.2, 0.25) is 11.8 Å². The number of halogens is 1. The summed E-state index contributed by atoms with van der Waals surface area (Å²) in [7, 11) is 0. The summed E-state index contributed by atoms with van der Waals surface area (Å²) >= 11 is 6.17. The lowest BCUT2D eigenvalue weighted by molar-refractivity contribution is -0.122. The fourth-order valence-corrected chi connectivity index (χ4v) is 6.01. The van der Waals surface area contributed by atoms with E-state index in [9.17, 15) is 14.4 Å². The van der Waals surface area contributed by atoms with E-state index in [1.54, 1.807) is 42.5 Å². The molecular weight excluding hydrogens is 478 g/mol. The molecule has 0 N–H and O–H groups in total. The summed E-state index contributed by atoms with van der Waals surface area (Å²) in [5, 5.41) is 8.68. The number of rotatable bonds is 2. The number of para-hydroxylation sites is 2. The number of nitrogens with zero attached hydrogens (tertiary/aromatic N) is 5. The summed E-state index contributed by atoms with van der Waals surface area (Å²) in [6.07, 6.45) is 3.87. The van der Waals surface area contributed by atoms with E-state index in [2.05, 4.69) is 10.3 Å². The quantitative estimate of drug-likeness (QED) is 0.393. The van der Waals surface area contributed by atoms with Crippen molar-refractivity contribution in [1.29, 1.82) is 0 Å². The second kappa shape index (κ2) is 7.60. The van der Waals surface area contributed by atoms with E-state index in [0.717, 1.165) is 11.3 Å². The van der Waals surface area contributed by atoms with Gasteiger partial charge in [-0.1, -0.05) is 65.4 Å². The number of anilines is 2. The minimum atomic E-state index is -0.947. The molecular formula is C27H18ClN5O3. The SMILES string of the molecule is O=C1[C@H]2[C@H](C(=O)N1c1cccc(Cl)c1)[C@@H]1C=Cc3ccccc3N1[C@@H]2C(=O)n1nnc2ccccc21. The van der Waals surface area contributed by atoms with E-state index < -0.39 is 35.7 Å². The normalized spacial score (nSPS) is 24.2. The molecule has 0 aliphatic carbocycles. The maximum Gasteiger partial charge on any atom is 0.272 e. The zero-order valence-corrected chi connectivity index (χ0v) is 19.5. The Hall–Kier alpha value is -4.30. The Morgan fingerprint density at radius 2 is 1.67 bits per heavy atom. The Kier molecular flexibility index (Phi) is 4.44. The van der Waals surface area contributed by atoms with Crippen LogP contribution in [0.25, 0.3) is 17.1 Å². The van der Waals surface area contributed by atoms with Gasteiger partial charge in [0.05, 0.1) is 29.1 Å². The van der Waals surface area contributed by atoms with Crippen molar-refractivity contribution in [2.45, 2.75) is 12.1 Å². The van der Waals surface area contributed by atoms with Gasteiger partial charge in [-0.15, -0.1) is 5.10 Å². The lowest BCUT2D eigenvalue weighted by Gasteiger charge is -2.36. The molecule has 0 saturated carbocycles. The average Bonchev–Trinajstić information content (AvgIpc) is 3.55. The first-order chi connectivity index (χ1) is 17.5. The highest BCUT2D eigenvalue weighted by atomic mass is 35.5. The molecule has 4 atom stereocenters. The smallest absolute Gasteiger partial charge is 0.272 e. The lowest BCUT2D eigenvalue weighted by Crippen LogP contribution is -2.50. The second-order valence-electron chi connectivity index (χ2n) is 9.13. The number of aromatic nitrogens is 3. The van der Waals surface area contributed by atoms with Crippen molar-refractivity contribution in [3.8, 4) is 0 Å². The maximum atomic E-state index is 14.2. The van der Waals surface area contributed by atoms with Crippen LogP contribution in [0, 0.1) is 11.8 Å². The van der Waals surface area contributed by atoms with Gasteiger partial charge >= 0.3 is 0 Å². The first-order valence-corrected chi connectivity index (χ1v) is 12.0. The minimum absolute atomic E-state index is 0.343. The molecule has 3 aliphatic heterocycles. The predicted molar refractivity (Wildman–Crippen MR) is 135 cm³/mol. The van der Waals surface area contributed by atoms with Gasteiger partial charge in [-0.05, 0) is 42.0 Å². The monoisotopic (exact) mass is 495 g/mol. The molecule has 0 radical (unpaired) electrons. The Morgan fingerprint density at radius 1 is 0.889 bits per heavy atom. The van der Waals surface area contributed by atoms with E-state index in [1.165, 1.54) is 9.58 Å². The Balaban J connectivity index is 1.40. The van der Waals surface area contributed by atoms with Crippen LogP contribution >= 0.6 is 11.6 Å². The molecule has 8 nitrogen and oxygen atoms in total. The summed E-state index contributed by atoms with van der Waals surface area (Å²) in [5.74, 6) is -2.79. The third-order valence-electron chi connectivity index (χ3n) is 7.29. The topological polar surface area (TPSA) is 88.4 Å². The van der Waals surface area contributed by atoms with Crippen LogP contribution in [0.4, 0.5) is 11.4 Å². The van der Waals surface area contributed by atoms with E-state index in [1.807, 2.05) is 47.4 Å². The van der Waals surface area contributed by atoms with Crippen LogP contribution in [0.1, 0.15) is 10.4 Å². The number of benzene rings is 3. The zero-order valence-electron chi connectivity index (χ0n) is 18.7.